The zero-order valence-electron chi connectivity index (χ0n) is 12.6. The van der Waals surface area contributed by atoms with Gasteiger partial charge in [-0.2, -0.15) is 13.2 Å². The minimum absolute atomic E-state index is 0.0227. The van der Waals surface area contributed by atoms with Gasteiger partial charge in [0.2, 0.25) is 0 Å². The maximum absolute atomic E-state index is 12.6. The molecule has 0 saturated carbocycles. The van der Waals surface area contributed by atoms with E-state index in [1.165, 1.54) is 11.3 Å². The standard InChI is InChI=1S/C14H22F3N3S/c1-13(2,3)18-8-11-9-21-12(19-11)20-6-4-10(5-7-20)14(15,16)17/h9-10,18H,4-8H2,1-3H3. The van der Waals surface area contributed by atoms with Crippen molar-refractivity contribution in [3.63, 3.8) is 0 Å². The van der Waals surface area contributed by atoms with Gasteiger partial charge in [0.15, 0.2) is 5.13 Å². The van der Waals surface area contributed by atoms with Gasteiger partial charge < -0.3 is 10.2 Å². The number of alkyl halides is 3. The zero-order valence-corrected chi connectivity index (χ0v) is 13.4. The molecule has 1 saturated heterocycles. The van der Waals surface area contributed by atoms with Crippen LogP contribution in [0.15, 0.2) is 5.38 Å². The SMILES string of the molecule is CC(C)(C)NCc1csc(N2CCC(C(F)(F)F)CC2)n1. The summed E-state index contributed by atoms with van der Waals surface area (Å²) in [7, 11) is 0. The second-order valence-electron chi connectivity index (χ2n) is 6.53. The number of hydrogen-bond donors (Lipinski definition) is 1. The molecule has 21 heavy (non-hydrogen) atoms. The number of anilines is 1. The molecule has 0 atom stereocenters. The first kappa shape index (κ1) is 16.5. The van der Waals surface area contributed by atoms with E-state index in [2.05, 4.69) is 31.1 Å². The predicted molar refractivity (Wildman–Crippen MR) is 79.7 cm³/mol. The van der Waals surface area contributed by atoms with Crippen molar-refractivity contribution in [2.24, 2.45) is 5.92 Å². The smallest absolute Gasteiger partial charge is 0.348 e. The number of rotatable bonds is 3. The molecule has 1 fully saturated rings. The van der Waals surface area contributed by atoms with Crippen molar-refractivity contribution in [1.29, 1.82) is 0 Å². The maximum Gasteiger partial charge on any atom is 0.391 e. The van der Waals surface area contributed by atoms with Crippen molar-refractivity contribution in [3.8, 4) is 0 Å². The van der Waals surface area contributed by atoms with Crippen molar-refractivity contribution in [3.05, 3.63) is 11.1 Å². The third-order valence-corrected chi connectivity index (χ3v) is 4.52. The fourth-order valence-electron chi connectivity index (χ4n) is 2.28. The molecule has 7 heteroatoms. The van der Waals surface area contributed by atoms with Gasteiger partial charge in [0.25, 0.3) is 0 Å². The van der Waals surface area contributed by atoms with Crippen molar-refractivity contribution in [2.75, 3.05) is 18.0 Å². The number of hydrogen-bond acceptors (Lipinski definition) is 4. The summed E-state index contributed by atoms with van der Waals surface area (Å²) in [6.07, 6.45) is -3.73. The molecule has 1 aliphatic rings. The summed E-state index contributed by atoms with van der Waals surface area (Å²) in [6.45, 7) is 7.80. The maximum atomic E-state index is 12.6. The van der Waals surface area contributed by atoms with E-state index < -0.39 is 12.1 Å². The van der Waals surface area contributed by atoms with Crippen LogP contribution in [0.2, 0.25) is 0 Å². The van der Waals surface area contributed by atoms with Crippen LogP contribution in [0, 0.1) is 5.92 Å². The lowest BCUT2D eigenvalue weighted by molar-refractivity contribution is -0.179. The van der Waals surface area contributed by atoms with E-state index in [0.717, 1.165) is 10.8 Å². The van der Waals surface area contributed by atoms with E-state index in [1.807, 2.05) is 10.3 Å². The summed E-state index contributed by atoms with van der Waals surface area (Å²) in [6, 6.07) is 0. The number of nitrogens with one attached hydrogen (secondary N) is 1. The Hall–Kier alpha value is -0.820. The van der Waals surface area contributed by atoms with Crippen LogP contribution in [0.1, 0.15) is 39.3 Å². The zero-order chi connectivity index (χ0) is 15.7. The fraction of sp³-hybridized carbons (Fsp3) is 0.786. The van der Waals surface area contributed by atoms with Crippen LogP contribution >= 0.6 is 11.3 Å². The summed E-state index contributed by atoms with van der Waals surface area (Å²) in [5.74, 6) is -1.16. The number of thiazole rings is 1. The number of aromatic nitrogens is 1. The Bertz CT molecular complexity index is 457. The summed E-state index contributed by atoms with van der Waals surface area (Å²) in [5.41, 5.74) is 0.970. The third kappa shape index (κ3) is 4.85. The first-order chi connectivity index (χ1) is 9.65. The number of nitrogens with zero attached hydrogens (tertiary/aromatic N) is 2. The highest BCUT2D eigenvalue weighted by Crippen LogP contribution is 2.35. The van der Waals surface area contributed by atoms with Crippen molar-refractivity contribution in [1.82, 2.24) is 10.3 Å². The Labute approximate surface area is 127 Å². The molecule has 2 heterocycles. The van der Waals surface area contributed by atoms with Crippen LogP contribution in [0.3, 0.4) is 0 Å². The third-order valence-electron chi connectivity index (χ3n) is 3.57. The highest BCUT2D eigenvalue weighted by molar-refractivity contribution is 7.13. The minimum atomic E-state index is -4.06. The highest BCUT2D eigenvalue weighted by atomic mass is 32.1. The van der Waals surface area contributed by atoms with E-state index in [4.69, 9.17) is 0 Å². The summed E-state index contributed by atoms with van der Waals surface area (Å²) >= 11 is 1.51. The fourth-order valence-corrected chi connectivity index (χ4v) is 3.16. The van der Waals surface area contributed by atoms with Gasteiger partial charge in [-0.25, -0.2) is 4.98 Å². The molecule has 0 spiro atoms. The Morgan fingerprint density at radius 2 is 1.90 bits per heavy atom. The molecule has 1 N–H and O–H groups in total. The van der Waals surface area contributed by atoms with Gasteiger partial charge in [0.1, 0.15) is 0 Å². The monoisotopic (exact) mass is 321 g/mol. The molecule has 0 unspecified atom stereocenters. The van der Waals surface area contributed by atoms with Crippen molar-refractivity contribution < 1.29 is 13.2 Å². The highest BCUT2D eigenvalue weighted by Gasteiger charge is 2.41. The summed E-state index contributed by atoms with van der Waals surface area (Å²) in [5, 5.41) is 6.17. The molecular weight excluding hydrogens is 299 g/mol. The first-order valence-corrected chi connectivity index (χ1v) is 8.04. The van der Waals surface area contributed by atoms with Gasteiger partial charge in [-0.3, -0.25) is 0 Å². The summed E-state index contributed by atoms with van der Waals surface area (Å²) < 4.78 is 37.9. The van der Waals surface area contributed by atoms with Crippen LogP contribution in [0.25, 0.3) is 0 Å². The Morgan fingerprint density at radius 1 is 1.29 bits per heavy atom. The van der Waals surface area contributed by atoms with E-state index in [9.17, 15) is 13.2 Å². The lowest BCUT2D eigenvalue weighted by Crippen LogP contribution is -2.39. The van der Waals surface area contributed by atoms with Gasteiger partial charge in [0.05, 0.1) is 11.6 Å². The average Bonchev–Trinajstić information content (AvgIpc) is 2.83. The molecule has 0 amide bonds. The second kappa shape index (κ2) is 6.12. The van der Waals surface area contributed by atoms with Crippen LogP contribution < -0.4 is 10.2 Å². The molecule has 0 aromatic carbocycles. The largest absolute Gasteiger partial charge is 0.391 e. The van der Waals surface area contributed by atoms with Gasteiger partial charge in [-0.15, -0.1) is 11.3 Å². The normalized spacial score (nSPS) is 18.3. The van der Waals surface area contributed by atoms with Gasteiger partial charge in [0, 0.05) is 30.6 Å². The van der Waals surface area contributed by atoms with Crippen LogP contribution in [0.5, 0.6) is 0 Å². The van der Waals surface area contributed by atoms with Crippen LogP contribution in [-0.2, 0) is 6.54 Å². The molecule has 0 bridgehead atoms. The van der Waals surface area contributed by atoms with Gasteiger partial charge in [-0.1, -0.05) is 0 Å². The van der Waals surface area contributed by atoms with E-state index in [0.29, 0.717) is 19.6 Å². The average molecular weight is 321 g/mol. The predicted octanol–water partition coefficient (Wildman–Crippen LogP) is 3.81. The number of halogens is 3. The summed E-state index contributed by atoms with van der Waals surface area (Å²) in [4.78, 5) is 6.49. The molecule has 1 aliphatic heterocycles. The van der Waals surface area contributed by atoms with Crippen LogP contribution in [-0.4, -0.2) is 29.8 Å². The quantitative estimate of drug-likeness (QED) is 0.917. The molecule has 1 aromatic rings. The van der Waals surface area contributed by atoms with Gasteiger partial charge in [-0.05, 0) is 33.6 Å². The lowest BCUT2D eigenvalue weighted by Gasteiger charge is -2.32. The van der Waals surface area contributed by atoms with E-state index >= 15 is 0 Å². The molecule has 120 valence electrons. The Kier molecular flexibility index (Phi) is 4.82. The van der Waals surface area contributed by atoms with Crippen molar-refractivity contribution in [2.45, 2.75) is 51.9 Å². The van der Waals surface area contributed by atoms with Crippen LogP contribution in [0.4, 0.5) is 18.3 Å². The molecule has 0 radical (unpaired) electrons. The molecule has 3 nitrogen and oxygen atoms in total. The molecular formula is C14H22F3N3S. The van der Waals surface area contributed by atoms with Crippen molar-refractivity contribution >= 4 is 16.5 Å². The Morgan fingerprint density at radius 3 is 2.43 bits per heavy atom. The first-order valence-electron chi connectivity index (χ1n) is 7.16. The topological polar surface area (TPSA) is 28.2 Å². The molecule has 1 aromatic heterocycles. The van der Waals surface area contributed by atoms with E-state index in [-0.39, 0.29) is 18.4 Å². The minimum Gasteiger partial charge on any atom is -0.348 e. The van der Waals surface area contributed by atoms with E-state index in [1.54, 1.807) is 0 Å². The number of piperidine rings is 1. The lowest BCUT2D eigenvalue weighted by atomic mass is 9.97. The second-order valence-corrected chi connectivity index (χ2v) is 7.36. The Balaban J connectivity index is 1.88. The van der Waals surface area contributed by atoms with Gasteiger partial charge >= 0.3 is 6.18 Å². The molecule has 0 aliphatic carbocycles. The molecule has 2 rings (SSSR count).